The standard InChI is InChI=1S/C30H35ClN6O2/c1-19-17-27(34-30(32-19)35(2)3)37-15-13-22(14-16-37)36(4)29(39)21-10-9-20-11-12-26(24(20)18-21)33-28(38)23-7-5-6-8-25(23)31/h5-10,17-18,22,26H,11-16H2,1-4H3,(H,33,38). The van der Waals surface area contributed by atoms with E-state index >= 15 is 0 Å². The average Bonchev–Trinajstić information content (AvgIpc) is 3.33. The van der Waals surface area contributed by atoms with Crippen LogP contribution in [0.2, 0.25) is 5.02 Å². The fraction of sp³-hybridized carbons (Fsp3) is 0.400. The Morgan fingerprint density at radius 3 is 2.46 bits per heavy atom. The molecule has 204 valence electrons. The Morgan fingerprint density at radius 1 is 1.00 bits per heavy atom. The normalized spacial score (nSPS) is 17.1. The maximum atomic E-state index is 13.5. The topological polar surface area (TPSA) is 81.7 Å². The van der Waals surface area contributed by atoms with Gasteiger partial charge in [-0.05, 0) is 68.0 Å². The van der Waals surface area contributed by atoms with Gasteiger partial charge in [-0.3, -0.25) is 9.59 Å². The van der Waals surface area contributed by atoms with E-state index in [2.05, 4.69) is 15.2 Å². The van der Waals surface area contributed by atoms with E-state index in [1.807, 2.05) is 62.1 Å². The fourth-order valence-corrected chi connectivity index (χ4v) is 5.74. The van der Waals surface area contributed by atoms with Crippen LogP contribution < -0.4 is 15.1 Å². The number of rotatable bonds is 6. The molecule has 0 radical (unpaired) electrons. The number of nitrogens with zero attached hydrogens (tertiary/aromatic N) is 5. The quantitative estimate of drug-likeness (QED) is 0.484. The van der Waals surface area contributed by atoms with Gasteiger partial charge in [0, 0.05) is 57.6 Å². The lowest BCUT2D eigenvalue weighted by Crippen LogP contribution is -2.46. The predicted molar refractivity (Wildman–Crippen MR) is 155 cm³/mol. The van der Waals surface area contributed by atoms with Gasteiger partial charge in [-0.2, -0.15) is 4.98 Å². The molecular weight excluding hydrogens is 512 g/mol. The molecule has 9 heteroatoms. The van der Waals surface area contributed by atoms with Crippen LogP contribution in [-0.2, 0) is 6.42 Å². The summed E-state index contributed by atoms with van der Waals surface area (Å²) in [5, 5.41) is 3.55. The van der Waals surface area contributed by atoms with Crippen LogP contribution in [0.15, 0.2) is 48.5 Å². The number of piperidine rings is 1. The van der Waals surface area contributed by atoms with Gasteiger partial charge in [0.25, 0.3) is 11.8 Å². The fourth-order valence-electron chi connectivity index (χ4n) is 5.52. The summed E-state index contributed by atoms with van der Waals surface area (Å²) in [7, 11) is 5.78. The van der Waals surface area contributed by atoms with Crippen LogP contribution >= 0.6 is 11.6 Å². The number of anilines is 2. The monoisotopic (exact) mass is 546 g/mol. The van der Waals surface area contributed by atoms with Gasteiger partial charge in [0.1, 0.15) is 5.82 Å². The average molecular weight is 547 g/mol. The van der Waals surface area contributed by atoms with E-state index in [0.717, 1.165) is 55.8 Å². The molecular formula is C30H35ClN6O2. The van der Waals surface area contributed by atoms with E-state index in [1.54, 1.807) is 24.3 Å². The van der Waals surface area contributed by atoms with E-state index < -0.39 is 0 Å². The molecule has 1 aromatic heterocycles. The highest BCUT2D eigenvalue weighted by atomic mass is 35.5. The third-order valence-electron chi connectivity index (χ3n) is 7.78. The van der Waals surface area contributed by atoms with Gasteiger partial charge < -0.3 is 20.0 Å². The molecule has 39 heavy (non-hydrogen) atoms. The number of aryl methyl sites for hydroxylation is 2. The zero-order valence-electron chi connectivity index (χ0n) is 22.9. The first-order chi connectivity index (χ1) is 18.7. The number of fused-ring (bicyclic) bond motifs is 1. The summed E-state index contributed by atoms with van der Waals surface area (Å²) in [4.78, 5) is 41.7. The Bertz CT molecular complexity index is 1390. The molecule has 1 aliphatic carbocycles. The zero-order valence-corrected chi connectivity index (χ0v) is 23.7. The van der Waals surface area contributed by atoms with Crippen LogP contribution in [0, 0.1) is 6.92 Å². The number of halogens is 1. The molecule has 0 bridgehead atoms. The third kappa shape index (κ3) is 5.71. The van der Waals surface area contributed by atoms with Crippen molar-refractivity contribution in [2.45, 2.75) is 44.7 Å². The molecule has 2 aromatic carbocycles. The Kier molecular flexibility index (Phi) is 7.75. The number of aromatic nitrogens is 2. The second-order valence-corrected chi connectivity index (χ2v) is 11.1. The summed E-state index contributed by atoms with van der Waals surface area (Å²) in [5.41, 5.74) is 4.24. The number of nitrogens with one attached hydrogen (secondary N) is 1. The molecule has 1 aliphatic heterocycles. The maximum absolute atomic E-state index is 13.5. The van der Waals surface area contributed by atoms with Crippen LogP contribution in [0.5, 0.6) is 0 Å². The number of amides is 2. The van der Waals surface area contributed by atoms with Crippen LogP contribution in [0.25, 0.3) is 0 Å². The molecule has 0 spiro atoms. The van der Waals surface area contributed by atoms with Crippen LogP contribution in [0.3, 0.4) is 0 Å². The molecule has 1 fully saturated rings. The summed E-state index contributed by atoms with van der Waals surface area (Å²) < 4.78 is 0. The van der Waals surface area contributed by atoms with Crippen molar-refractivity contribution in [1.82, 2.24) is 20.2 Å². The number of hydrogen-bond acceptors (Lipinski definition) is 6. The Balaban J connectivity index is 1.24. The molecule has 3 aromatic rings. The Morgan fingerprint density at radius 2 is 1.74 bits per heavy atom. The smallest absolute Gasteiger partial charge is 0.253 e. The van der Waals surface area contributed by atoms with Gasteiger partial charge in [0.2, 0.25) is 5.95 Å². The summed E-state index contributed by atoms with van der Waals surface area (Å²) in [5.74, 6) is 1.45. The Hall–Kier alpha value is -3.65. The van der Waals surface area contributed by atoms with Gasteiger partial charge in [-0.15, -0.1) is 0 Å². The SMILES string of the molecule is Cc1cc(N2CCC(N(C)C(=O)c3ccc4c(c3)C(NC(=O)c3ccccc3Cl)CC4)CC2)nc(N(C)C)n1. The van der Waals surface area contributed by atoms with Crippen molar-refractivity contribution in [2.75, 3.05) is 44.0 Å². The van der Waals surface area contributed by atoms with E-state index in [1.165, 1.54) is 5.56 Å². The minimum absolute atomic E-state index is 0.00658. The molecule has 0 saturated carbocycles. The lowest BCUT2D eigenvalue weighted by molar-refractivity contribution is 0.0709. The van der Waals surface area contributed by atoms with Gasteiger partial charge in [-0.25, -0.2) is 4.98 Å². The second-order valence-electron chi connectivity index (χ2n) is 10.7. The van der Waals surface area contributed by atoms with Crippen molar-refractivity contribution in [3.63, 3.8) is 0 Å². The number of hydrogen-bond donors (Lipinski definition) is 1. The number of benzene rings is 2. The molecule has 5 rings (SSSR count). The van der Waals surface area contributed by atoms with Crippen molar-refractivity contribution in [3.05, 3.63) is 81.5 Å². The van der Waals surface area contributed by atoms with Crippen molar-refractivity contribution in [1.29, 1.82) is 0 Å². The lowest BCUT2D eigenvalue weighted by atomic mass is 10.00. The van der Waals surface area contributed by atoms with Gasteiger partial charge in [0.05, 0.1) is 16.6 Å². The van der Waals surface area contributed by atoms with Gasteiger partial charge in [0.15, 0.2) is 0 Å². The number of carbonyl (C=O) groups excluding carboxylic acids is 2. The molecule has 1 atom stereocenters. The number of carbonyl (C=O) groups is 2. The molecule has 1 saturated heterocycles. The first-order valence-corrected chi connectivity index (χ1v) is 13.8. The minimum Gasteiger partial charge on any atom is -0.356 e. The molecule has 1 unspecified atom stereocenters. The Labute approximate surface area is 235 Å². The largest absolute Gasteiger partial charge is 0.356 e. The molecule has 2 heterocycles. The summed E-state index contributed by atoms with van der Waals surface area (Å²) in [6.45, 7) is 3.64. The molecule has 2 aliphatic rings. The first-order valence-electron chi connectivity index (χ1n) is 13.4. The lowest BCUT2D eigenvalue weighted by Gasteiger charge is -2.37. The van der Waals surface area contributed by atoms with Crippen LogP contribution in [0.1, 0.15) is 62.8 Å². The second kappa shape index (κ2) is 11.2. The summed E-state index contributed by atoms with van der Waals surface area (Å²) in [6.07, 6.45) is 3.40. The molecule has 8 nitrogen and oxygen atoms in total. The zero-order chi connectivity index (χ0) is 27.7. The minimum atomic E-state index is -0.198. The summed E-state index contributed by atoms with van der Waals surface area (Å²) in [6, 6.07) is 15.0. The molecule has 2 amide bonds. The first kappa shape index (κ1) is 26.9. The van der Waals surface area contributed by atoms with Crippen LogP contribution in [-0.4, -0.2) is 67.0 Å². The van der Waals surface area contributed by atoms with E-state index in [-0.39, 0.29) is 23.9 Å². The third-order valence-corrected chi connectivity index (χ3v) is 8.11. The predicted octanol–water partition coefficient (Wildman–Crippen LogP) is 4.66. The van der Waals surface area contributed by atoms with E-state index in [4.69, 9.17) is 16.6 Å². The van der Waals surface area contributed by atoms with Gasteiger partial charge in [-0.1, -0.05) is 29.8 Å². The van der Waals surface area contributed by atoms with Crippen molar-refractivity contribution < 1.29 is 9.59 Å². The van der Waals surface area contributed by atoms with E-state index in [0.29, 0.717) is 22.1 Å². The highest BCUT2D eigenvalue weighted by molar-refractivity contribution is 6.33. The van der Waals surface area contributed by atoms with Crippen molar-refractivity contribution in [2.24, 2.45) is 0 Å². The van der Waals surface area contributed by atoms with Crippen molar-refractivity contribution in [3.8, 4) is 0 Å². The highest BCUT2D eigenvalue weighted by Crippen LogP contribution is 2.33. The highest BCUT2D eigenvalue weighted by Gasteiger charge is 2.30. The maximum Gasteiger partial charge on any atom is 0.253 e. The summed E-state index contributed by atoms with van der Waals surface area (Å²) >= 11 is 6.23. The van der Waals surface area contributed by atoms with E-state index in [9.17, 15) is 9.59 Å². The van der Waals surface area contributed by atoms with Crippen molar-refractivity contribution >= 4 is 35.2 Å². The van der Waals surface area contributed by atoms with Gasteiger partial charge >= 0.3 is 0 Å². The molecule has 1 N–H and O–H groups in total. The van der Waals surface area contributed by atoms with Crippen LogP contribution in [0.4, 0.5) is 11.8 Å².